The highest BCUT2D eigenvalue weighted by Crippen LogP contribution is 2.65. The summed E-state index contributed by atoms with van der Waals surface area (Å²) in [4.78, 5) is 4.72. The minimum absolute atomic E-state index is 0.514. The summed E-state index contributed by atoms with van der Waals surface area (Å²) >= 11 is 0. The van der Waals surface area contributed by atoms with Crippen LogP contribution in [0.15, 0.2) is 315 Å². The van der Waals surface area contributed by atoms with Crippen LogP contribution < -0.4 is 9.80 Å². The lowest BCUT2D eigenvalue weighted by molar-refractivity contribution is 0.793. The Hall–Kier alpha value is -10.8. The van der Waals surface area contributed by atoms with Crippen LogP contribution in [0.2, 0.25) is 0 Å². The molecule has 13 aromatic carbocycles. The minimum Gasteiger partial charge on any atom is -0.311 e. The summed E-state index contributed by atoms with van der Waals surface area (Å²) in [5.41, 5.74) is 31.3. The van der Waals surface area contributed by atoms with Gasteiger partial charge in [0.25, 0.3) is 0 Å². The van der Waals surface area contributed by atoms with Crippen molar-refractivity contribution in [3.63, 3.8) is 0 Å². The molecule has 392 valence electrons. The predicted molar refractivity (Wildman–Crippen MR) is 349 cm³/mol. The topological polar surface area (TPSA) is 6.48 Å². The summed E-state index contributed by atoms with van der Waals surface area (Å²) < 4.78 is 0. The number of hydrogen-bond donors (Lipinski definition) is 0. The van der Waals surface area contributed by atoms with Crippen molar-refractivity contribution >= 4 is 46.3 Å². The average molecular weight is 1070 g/mol. The first-order chi connectivity index (χ1) is 41.7. The minimum atomic E-state index is -0.530. The van der Waals surface area contributed by atoms with E-state index in [4.69, 9.17) is 0 Å². The van der Waals surface area contributed by atoms with Gasteiger partial charge in [0, 0.05) is 34.1 Å². The third-order valence-corrected chi connectivity index (χ3v) is 18.5. The second-order valence-electron chi connectivity index (χ2n) is 22.7. The zero-order valence-corrected chi connectivity index (χ0v) is 46.1. The maximum Gasteiger partial charge on any atom is 0.0726 e. The van der Waals surface area contributed by atoms with Crippen LogP contribution in [0, 0.1) is 0 Å². The lowest BCUT2D eigenvalue weighted by atomic mass is 9.70. The van der Waals surface area contributed by atoms with E-state index in [1.807, 2.05) is 0 Å². The molecule has 2 spiro atoms. The van der Waals surface area contributed by atoms with Gasteiger partial charge >= 0.3 is 0 Å². The van der Waals surface area contributed by atoms with E-state index in [1.54, 1.807) is 0 Å². The number of para-hydroxylation sites is 4. The predicted octanol–water partition coefficient (Wildman–Crippen LogP) is 21.2. The van der Waals surface area contributed by atoms with E-state index in [-0.39, 0.29) is 0 Å². The van der Waals surface area contributed by atoms with Gasteiger partial charge in [-0.25, -0.2) is 0 Å². The lowest BCUT2D eigenvalue weighted by Gasteiger charge is -2.32. The van der Waals surface area contributed by atoms with Gasteiger partial charge < -0.3 is 9.80 Å². The van der Waals surface area contributed by atoms with E-state index in [2.05, 4.69) is 337 Å². The van der Waals surface area contributed by atoms with Gasteiger partial charge in [-0.15, -0.1) is 0 Å². The molecule has 17 rings (SSSR count). The third kappa shape index (κ3) is 6.98. The van der Waals surface area contributed by atoms with Crippen LogP contribution in [0.5, 0.6) is 0 Å². The van der Waals surface area contributed by atoms with E-state index < -0.39 is 10.8 Å². The first-order valence-corrected chi connectivity index (χ1v) is 29.2. The number of hydrogen-bond acceptors (Lipinski definition) is 2. The van der Waals surface area contributed by atoms with Gasteiger partial charge in [-0.05, 0) is 202 Å². The Bertz CT molecular complexity index is 4600. The highest BCUT2D eigenvalue weighted by atomic mass is 15.1. The van der Waals surface area contributed by atoms with Gasteiger partial charge in [-0.1, -0.05) is 237 Å². The summed E-state index contributed by atoms with van der Waals surface area (Å²) in [6.45, 7) is 0. The Labute approximate surface area is 490 Å². The van der Waals surface area contributed by atoms with E-state index >= 15 is 0 Å². The quantitative estimate of drug-likeness (QED) is 0.133. The van der Waals surface area contributed by atoms with Crippen molar-refractivity contribution in [1.29, 1.82) is 0 Å². The van der Waals surface area contributed by atoms with Gasteiger partial charge in [0.1, 0.15) is 0 Å². The molecule has 0 N–H and O–H groups in total. The molecule has 0 amide bonds. The highest BCUT2D eigenvalue weighted by molar-refractivity contribution is 5.99. The summed E-state index contributed by atoms with van der Waals surface area (Å²) in [7, 11) is 0. The number of fused-ring (bicyclic) bond motifs is 20. The standard InChI is InChI=1S/C82H54N2/c1-5-21-59(22-6-1)83(60-23-7-2-8-24-60)63-44-41-57(42-45-63)58-43-49-71-69-47-39-55(51-77(69)81(79(71)53-58)73-33-17-13-29-65(73)66-30-14-18-34-74(66)81)37-38-56-40-48-70-72-50-46-64(84(61-25-9-3-10-26-61)62-27-11-4-12-28-62)54-80(72)82(78(70)52-56)75-35-19-15-31-67(75)68-32-16-20-36-76(68)82/h1-54H/b38-37+. The first kappa shape index (κ1) is 48.0. The van der Waals surface area contributed by atoms with Gasteiger partial charge in [0.2, 0.25) is 0 Å². The van der Waals surface area contributed by atoms with Gasteiger partial charge in [-0.3, -0.25) is 0 Å². The van der Waals surface area contributed by atoms with Crippen molar-refractivity contribution in [1.82, 2.24) is 0 Å². The van der Waals surface area contributed by atoms with Crippen LogP contribution in [-0.4, -0.2) is 0 Å². The maximum atomic E-state index is 2.49. The second-order valence-corrected chi connectivity index (χ2v) is 22.7. The number of nitrogens with zero attached hydrogens (tertiary/aromatic N) is 2. The van der Waals surface area contributed by atoms with Crippen LogP contribution in [0.1, 0.15) is 55.6 Å². The van der Waals surface area contributed by atoms with E-state index in [9.17, 15) is 0 Å². The molecular formula is C82H54N2. The molecule has 0 bridgehead atoms. The summed E-state index contributed by atoms with van der Waals surface area (Å²) in [6.07, 6.45) is 4.68. The fourth-order valence-corrected chi connectivity index (χ4v) is 15.0. The van der Waals surface area contributed by atoms with Crippen LogP contribution >= 0.6 is 0 Å². The molecule has 0 radical (unpaired) electrons. The monoisotopic (exact) mass is 1070 g/mol. The third-order valence-electron chi connectivity index (χ3n) is 18.5. The molecule has 0 saturated heterocycles. The molecule has 0 unspecified atom stereocenters. The molecule has 0 fully saturated rings. The highest BCUT2D eigenvalue weighted by Gasteiger charge is 2.53. The summed E-state index contributed by atoms with van der Waals surface area (Å²) in [5.74, 6) is 0. The van der Waals surface area contributed by atoms with Crippen LogP contribution in [0.3, 0.4) is 0 Å². The molecule has 2 nitrogen and oxygen atoms in total. The molecule has 13 aromatic rings. The Balaban J connectivity index is 0.784. The Morgan fingerprint density at radius 1 is 0.190 bits per heavy atom. The van der Waals surface area contributed by atoms with Gasteiger partial charge in [-0.2, -0.15) is 0 Å². The zero-order chi connectivity index (χ0) is 55.3. The molecule has 84 heavy (non-hydrogen) atoms. The molecule has 4 aliphatic rings. The van der Waals surface area contributed by atoms with E-state index in [0.29, 0.717) is 0 Å². The average Bonchev–Trinajstić information content (AvgIpc) is 1.67. The Morgan fingerprint density at radius 2 is 0.464 bits per heavy atom. The number of anilines is 6. The molecule has 2 heteroatoms. The molecule has 0 aromatic heterocycles. The molecular weight excluding hydrogens is 1010 g/mol. The largest absolute Gasteiger partial charge is 0.311 e. The zero-order valence-electron chi connectivity index (χ0n) is 46.1. The van der Waals surface area contributed by atoms with Crippen molar-refractivity contribution in [3.05, 3.63) is 371 Å². The fourth-order valence-electron chi connectivity index (χ4n) is 15.0. The smallest absolute Gasteiger partial charge is 0.0726 e. The van der Waals surface area contributed by atoms with E-state index in [0.717, 1.165) is 34.1 Å². The second kappa shape index (κ2) is 18.9. The van der Waals surface area contributed by atoms with Crippen LogP contribution in [-0.2, 0) is 10.8 Å². The molecule has 0 atom stereocenters. The summed E-state index contributed by atoms with van der Waals surface area (Å²) in [6, 6.07) is 117. The lowest BCUT2D eigenvalue weighted by Crippen LogP contribution is -2.26. The maximum absolute atomic E-state index is 2.49. The van der Waals surface area contributed by atoms with Crippen LogP contribution in [0.4, 0.5) is 34.1 Å². The van der Waals surface area contributed by atoms with Crippen molar-refractivity contribution in [2.24, 2.45) is 0 Å². The van der Waals surface area contributed by atoms with Crippen molar-refractivity contribution in [2.75, 3.05) is 9.80 Å². The Morgan fingerprint density at radius 3 is 0.869 bits per heavy atom. The molecule has 4 aliphatic carbocycles. The van der Waals surface area contributed by atoms with Crippen molar-refractivity contribution in [3.8, 4) is 55.6 Å². The normalized spacial score (nSPS) is 13.6. The van der Waals surface area contributed by atoms with E-state index in [1.165, 1.54) is 111 Å². The Kier molecular flexibility index (Phi) is 10.8. The van der Waals surface area contributed by atoms with Crippen LogP contribution in [0.25, 0.3) is 67.8 Å². The molecule has 0 heterocycles. The molecule has 0 saturated carbocycles. The SMILES string of the molecule is C(=C\c1ccc2c(c1)C1(c3ccccc3-c3ccccc31)c1cc(N(c3ccccc3)c3ccccc3)ccc1-2)/c1ccc2c(c1)C1(c3ccccc3-c3ccccc31)c1cc(-c3ccc(N(c4ccccc4)c4ccccc4)cc3)ccc1-2. The van der Waals surface area contributed by atoms with Gasteiger partial charge in [0.15, 0.2) is 0 Å². The fraction of sp³-hybridized carbons (Fsp3) is 0.0244. The molecule has 0 aliphatic heterocycles. The first-order valence-electron chi connectivity index (χ1n) is 29.2. The summed E-state index contributed by atoms with van der Waals surface area (Å²) in [5, 5.41) is 0. The van der Waals surface area contributed by atoms with Crippen molar-refractivity contribution < 1.29 is 0 Å². The van der Waals surface area contributed by atoms with Crippen molar-refractivity contribution in [2.45, 2.75) is 10.8 Å². The number of rotatable bonds is 9. The van der Waals surface area contributed by atoms with Gasteiger partial charge in [0.05, 0.1) is 10.8 Å². The number of benzene rings is 13.